The van der Waals surface area contributed by atoms with Crippen molar-refractivity contribution in [1.29, 1.82) is 0 Å². The molecule has 1 atom stereocenters. The molecule has 0 aliphatic heterocycles. The van der Waals surface area contributed by atoms with Crippen molar-refractivity contribution in [3.63, 3.8) is 0 Å². The van der Waals surface area contributed by atoms with Crippen LogP contribution in [0.5, 0.6) is 5.75 Å². The predicted octanol–water partition coefficient (Wildman–Crippen LogP) is 3.74. The van der Waals surface area contributed by atoms with Crippen LogP contribution in [0.4, 0.5) is 0 Å². The van der Waals surface area contributed by atoms with Gasteiger partial charge in [0.1, 0.15) is 5.75 Å². The highest BCUT2D eigenvalue weighted by Crippen LogP contribution is 2.25. The smallest absolute Gasteiger partial charge is 0.122 e. The Labute approximate surface area is 105 Å². The SMILES string of the molecule is CCC(O)CCCOc1ccccc1C(C)C. The Balaban J connectivity index is 2.41. The lowest BCUT2D eigenvalue weighted by atomic mass is 10.0. The first kappa shape index (κ1) is 14.0. The Morgan fingerprint density at radius 3 is 2.59 bits per heavy atom. The average molecular weight is 236 g/mol. The van der Waals surface area contributed by atoms with E-state index in [2.05, 4.69) is 19.9 Å². The van der Waals surface area contributed by atoms with E-state index in [9.17, 15) is 5.11 Å². The van der Waals surface area contributed by atoms with E-state index in [1.54, 1.807) is 0 Å². The summed E-state index contributed by atoms with van der Waals surface area (Å²) in [6.07, 6.45) is 2.36. The van der Waals surface area contributed by atoms with E-state index >= 15 is 0 Å². The van der Waals surface area contributed by atoms with Gasteiger partial charge in [-0.05, 0) is 36.8 Å². The van der Waals surface area contributed by atoms with Crippen LogP contribution >= 0.6 is 0 Å². The molecule has 1 aromatic carbocycles. The summed E-state index contributed by atoms with van der Waals surface area (Å²) in [4.78, 5) is 0. The van der Waals surface area contributed by atoms with Gasteiger partial charge in [0.15, 0.2) is 0 Å². The molecule has 0 radical (unpaired) electrons. The molecule has 96 valence electrons. The van der Waals surface area contributed by atoms with E-state index in [1.807, 2.05) is 25.1 Å². The summed E-state index contributed by atoms with van der Waals surface area (Å²) in [6.45, 7) is 7.02. The maximum absolute atomic E-state index is 9.44. The Bertz CT molecular complexity index is 320. The number of rotatable bonds is 7. The summed E-state index contributed by atoms with van der Waals surface area (Å²) in [6, 6.07) is 8.18. The largest absolute Gasteiger partial charge is 0.493 e. The normalized spacial score (nSPS) is 12.8. The highest BCUT2D eigenvalue weighted by Gasteiger charge is 2.07. The van der Waals surface area contributed by atoms with Crippen LogP contribution in [-0.4, -0.2) is 17.8 Å². The standard InChI is InChI=1S/C15H24O2/c1-4-13(16)8-7-11-17-15-10-6-5-9-14(15)12(2)3/h5-6,9-10,12-13,16H,4,7-8,11H2,1-3H3. The first-order chi connectivity index (χ1) is 8.15. The lowest BCUT2D eigenvalue weighted by Gasteiger charge is -2.14. The molecule has 0 saturated carbocycles. The van der Waals surface area contributed by atoms with Gasteiger partial charge in [-0.3, -0.25) is 0 Å². The molecule has 2 nitrogen and oxygen atoms in total. The van der Waals surface area contributed by atoms with Crippen molar-refractivity contribution in [2.24, 2.45) is 0 Å². The molecule has 1 aromatic rings. The second kappa shape index (κ2) is 7.33. The van der Waals surface area contributed by atoms with E-state index in [1.165, 1.54) is 5.56 Å². The molecule has 0 amide bonds. The van der Waals surface area contributed by atoms with Crippen molar-refractivity contribution < 1.29 is 9.84 Å². The quantitative estimate of drug-likeness (QED) is 0.731. The first-order valence-electron chi connectivity index (χ1n) is 6.55. The van der Waals surface area contributed by atoms with Crippen molar-refractivity contribution in [3.8, 4) is 5.75 Å². The van der Waals surface area contributed by atoms with Crippen LogP contribution in [0.2, 0.25) is 0 Å². The van der Waals surface area contributed by atoms with Crippen LogP contribution in [0, 0.1) is 0 Å². The molecule has 0 aromatic heterocycles. The summed E-state index contributed by atoms with van der Waals surface area (Å²) in [5, 5.41) is 9.44. The van der Waals surface area contributed by atoms with E-state index in [4.69, 9.17) is 4.74 Å². The van der Waals surface area contributed by atoms with Gasteiger partial charge in [0.2, 0.25) is 0 Å². The third-order valence-electron chi connectivity index (χ3n) is 2.95. The van der Waals surface area contributed by atoms with Gasteiger partial charge in [-0.15, -0.1) is 0 Å². The van der Waals surface area contributed by atoms with Crippen molar-refractivity contribution in [3.05, 3.63) is 29.8 Å². The summed E-state index contributed by atoms with van der Waals surface area (Å²) in [5.74, 6) is 1.46. The monoisotopic (exact) mass is 236 g/mol. The van der Waals surface area contributed by atoms with E-state index in [-0.39, 0.29) is 6.10 Å². The molecule has 0 saturated heterocycles. The minimum Gasteiger partial charge on any atom is -0.493 e. The maximum Gasteiger partial charge on any atom is 0.122 e. The van der Waals surface area contributed by atoms with Gasteiger partial charge in [-0.25, -0.2) is 0 Å². The number of ether oxygens (including phenoxy) is 1. The molecule has 17 heavy (non-hydrogen) atoms. The van der Waals surface area contributed by atoms with Gasteiger partial charge in [0.25, 0.3) is 0 Å². The van der Waals surface area contributed by atoms with Crippen LogP contribution < -0.4 is 4.74 Å². The minimum absolute atomic E-state index is 0.182. The lowest BCUT2D eigenvalue weighted by Crippen LogP contribution is -2.08. The Kier molecular flexibility index (Phi) is 6.06. The van der Waals surface area contributed by atoms with Crippen LogP contribution in [0.1, 0.15) is 51.5 Å². The first-order valence-corrected chi connectivity index (χ1v) is 6.55. The number of hydrogen-bond donors (Lipinski definition) is 1. The molecule has 0 aliphatic carbocycles. The van der Waals surface area contributed by atoms with Gasteiger partial charge in [0.05, 0.1) is 12.7 Å². The van der Waals surface area contributed by atoms with Crippen LogP contribution in [-0.2, 0) is 0 Å². The number of hydrogen-bond acceptors (Lipinski definition) is 2. The zero-order valence-corrected chi connectivity index (χ0v) is 11.1. The average Bonchev–Trinajstić information content (AvgIpc) is 2.34. The number of aliphatic hydroxyl groups is 1. The third kappa shape index (κ3) is 4.78. The van der Waals surface area contributed by atoms with E-state index in [0.29, 0.717) is 12.5 Å². The molecule has 0 heterocycles. The molecule has 1 unspecified atom stereocenters. The van der Waals surface area contributed by atoms with Gasteiger partial charge >= 0.3 is 0 Å². The van der Waals surface area contributed by atoms with Gasteiger partial charge in [-0.1, -0.05) is 39.0 Å². The van der Waals surface area contributed by atoms with Gasteiger partial charge < -0.3 is 9.84 Å². The zero-order chi connectivity index (χ0) is 12.7. The van der Waals surface area contributed by atoms with Gasteiger partial charge in [0, 0.05) is 0 Å². The number of aliphatic hydroxyl groups excluding tert-OH is 1. The molecular formula is C15H24O2. The topological polar surface area (TPSA) is 29.5 Å². The summed E-state index contributed by atoms with van der Waals surface area (Å²) >= 11 is 0. The fraction of sp³-hybridized carbons (Fsp3) is 0.600. The molecule has 1 rings (SSSR count). The van der Waals surface area contributed by atoms with Crippen molar-refractivity contribution >= 4 is 0 Å². The van der Waals surface area contributed by atoms with E-state index < -0.39 is 0 Å². The van der Waals surface area contributed by atoms with Gasteiger partial charge in [-0.2, -0.15) is 0 Å². The molecule has 0 fully saturated rings. The molecule has 1 N–H and O–H groups in total. The van der Waals surface area contributed by atoms with Crippen LogP contribution in [0.25, 0.3) is 0 Å². The third-order valence-corrected chi connectivity index (χ3v) is 2.95. The van der Waals surface area contributed by atoms with Crippen molar-refractivity contribution in [2.45, 2.75) is 52.1 Å². The van der Waals surface area contributed by atoms with E-state index in [0.717, 1.165) is 25.0 Å². The van der Waals surface area contributed by atoms with Crippen molar-refractivity contribution in [2.75, 3.05) is 6.61 Å². The minimum atomic E-state index is -0.182. The fourth-order valence-electron chi connectivity index (χ4n) is 1.79. The number of para-hydroxylation sites is 1. The van der Waals surface area contributed by atoms with Crippen LogP contribution in [0.3, 0.4) is 0 Å². The van der Waals surface area contributed by atoms with Crippen molar-refractivity contribution in [1.82, 2.24) is 0 Å². The van der Waals surface area contributed by atoms with Crippen LogP contribution in [0.15, 0.2) is 24.3 Å². The zero-order valence-electron chi connectivity index (χ0n) is 11.1. The molecule has 0 bridgehead atoms. The highest BCUT2D eigenvalue weighted by atomic mass is 16.5. The number of benzene rings is 1. The highest BCUT2D eigenvalue weighted by molar-refractivity contribution is 5.35. The Morgan fingerprint density at radius 2 is 1.94 bits per heavy atom. The second-order valence-corrected chi connectivity index (χ2v) is 4.75. The summed E-state index contributed by atoms with van der Waals surface area (Å²) in [7, 11) is 0. The fourth-order valence-corrected chi connectivity index (χ4v) is 1.79. The molecule has 0 aliphatic rings. The Morgan fingerprint density at radius 1 is 1.24 bits per heavy atom. The summed E-state index contributed by atoms with van der Waals surface area (Å²) in [5.41, 5.74) is 1.25. The summed E-state index contributed by atoms with van der Waals surface area (Å²) < 4.78 is 5.78. The Hall–Kier alpha value is -1.02. The predicted molar refractivity (Wildman–Crippen MR) is 71.6 cm³/mol. The lowest BCUT2D eigenvalue weighted by molar-refractivity contribution is 0.148. The molecule has 0 spiro atoms. The maximum atomic E-state index is 9.44. The molecule has 2 heteroatoms. The second-order valence-electron chi connectivity index (χ2n) is 4.75. The molecular weight excluding hydrogens is 212 g/mol.